The number of aromatic nitrogens is 2. The summed E-state index contributed by atoms with van der Waals surface area (Å²) in [4.78, 5) is 19.3. The molecular formula is C10H14N2O. The van der Waals surface area contributed by atoms with Crippen LogP contribution >= 0.6 is 0 Å². The van der Waals surface area contributed by atoms with Crippen molar-refractivity contribution in [2.24, 2.45) is 11.8 Å². The van der Waals surface area contributed by atoms with Gasteiger partial charge < -0.3 is 0 Å². The van der Waals surface area contributed by atoms with Crippen LogP contribution in [0.4, 0.5) is 0 Å². The Morgan fingerprint density at radius 1 is 1.23 bits per heavy atom. The Morgan fingerprint density at radius 2 is 1.77 bits per heavy atom. The highest BCUT2D eigenvalue weighted by molar-refractivity contribution is 5.97. The van der Waals surface area contributed by atoms with Crippen LogP contribution in [-0.2, 0) is 0 Å². The van der Waals surface area contributed by atoms with E-state index < -0.39 is 0 Å². The number of Topliss-reactive ketones (excluding diaryl/α,β-unsaturated/α-hetero) is 1. The molecule has 3 heteroatoms. The SMILES string of the molecule is CC(C)C(C)C(=O)c1cncnc1. The lowest BCUT2D eigenvalue weighted by atomic mass is 9.91. The average molecular weight is 178 g/mol. The summed E-state index contributed by atoms with van der Waals surface area (Å²) in [5.41, 5.74) is 0.601. The Morgan fingerprint density at radius 3 is 2.23 bits per heavy atom. The lowest BCUT2D eigenvalue weighted by Gasteiger charge is -2.13. The minimum Gasteiger partial charge on any atom is -0.294 e. The first-order valence-electron chi connectivity index (χ1n) is 4.42. The summed E-state index contributed by atoms with van der Waals surface area (Å²) in [5.74, 6) is 0.509. The topological polar surface area (TPSA) is 42.9 Å². The van der Waals surface area contributed by atoms with Crippen molar-refractivity contribution in [1.29, 1.82) is 0 Å². The van der Waals surface area contributed by atoms with Gasteiger partial charge in [0.2, 0.25) is 0 Å². The van der Waals surface area contributed by atoms with Crippen molar-refractivity contribution in [3.63, 3.8) is 0 Å². The highest BCUT2D eigenvalue weighted by Gasteiger charge is 2.18. The number of ketones is 1. The first kappa shape index (κ1) is 9.84. The average Bonchev–Trinajstić information content (AvgIpc) is 2.17. The largest absolute Gasteiger partial charge is 0.294 e. The van der Waals surface area contributed by atoms with Gasteiger partial charge in [-0.3, -0.25) is 4.79 Å². The van der Waals surface area contributed by atoms with Crippen LogP contribution in [0.15, 0.2) is 18.7 Å². The minimum absolute atomic E-state index is 0.0333. The number of carbonyl (C=O) groups is 1. The number of hydrogen-bond acceptors (Lipinski definition) is 3. The zero-order valence-corrected chi connectivity index (χ0v) is 8.19. The van der Waals surface area contributed by atoms with Crippen molar-refractivity contribution in [1.82, 2.24) is 9.97 Å². The second-order valence-corrected chi connectivity index (χ2v) is 3.52. The summed E-state index contributed by atoms with van der Waals surface area (Å²) < 4.78 is 0. The quantitative estimate of drug-likeness (QED) is 0.664. The zero-order chi connectivity index (χ0) is 9.84. The fraction of sp³-hybridized carbons (Fsp3) is 0.500. The van der Waals surface area contributed by atoms with E-state index in [2.05, 4.69) is 9.97 Å². The van der Waals surface area contributed by atoms with Gasteiger partial charge in [-0.2, -0.15) is 0 Å². The molecule has 1 heterocycles. The van der Waals surface area contributed by atoms with Crippen molar-refractivity contribution in [3.05, 3.63) is 24.3 Å². The Labute approximate surface area is 78.2 Å². The third kappa shape index (κ3) is 2.34. The van der Waals surface area contributed by atoms with Crippen LogP contribution in [0, 0.1) is 11.8 Å². The van der Waals surface area contributed by atoms with E-state index >= 15 is 0 Å². The zero-order valence-electron chi connectivity index (χ0n) is 8.19. The van der Waals surface area contributed by atoms with Gasteiger partial charge in [-0.25, -0.2) is 9.97 Å². The van der Waals surface area contributed by atoms with Crippen molar-refractivity contribution in [3.8, 4) is 0 Å². The van der Waals surface area contributed by atoms with Crippen molar-refractivity contribution in [2.75, 3.05) is 0 Å². The van der Waals surface area contributed by atoms with Crippen LogP contribution in [0.3, 0.4) is 0 Å². The molecule has 0 aromatic carbocycles. The molecular weight excluding hydrogens is 164 g/mol. The summed E-state index contributed by atoms with van der Waals surface area (Å²) in [5, 5.41) is 0. The van der Waals surface area contributed by atoms with E-state index in [1.54, 1.807) is 12.4 Å². The maximum absolute atomic E-state index is 11.7. The molecule has 1 unspecified atom stereocenters. The standard InChI is InChI=1S/C10H14N2O/c1-7(2)8(3)10(13)9-4-11-6-12-5-9/h4-8H,1-3H3. The summed E-state index contributed by atoms with van der Waals surface area (Å²) in [6.07, 6.45) is 4.55. The highest BCUT2D eigenvalue weighted by Crippen LogP contribution is 2.15. The summed E-state index contributed by atoms with van der Waals surface area (Å²) in [6, 6.07) is 0. The molecule has 0 bridgehead atoms. The number of rotatable bonds is 3. The summed E-state index contributed by atoms with van der Waals surface area (Å²) in [6.45, 7) is 6.00. The molecule has 0 radical (unpaired) electrons. The maximum atomic E-state index is 11.7. The molecule has 0 amide bonds. The van der Waals surface area contributed by atoms with E-state index in [9.17, 15) is 4.79 Å². The van der Waals surface area contributed by atoms with Crippen LogP contribution in [-0.4, -0.2) is 15.8 Å². The Kier molecular flexibility index (Phi) is 3.12. The molecule has 0 aliphatic heterocycles. The molecule has 1 atom stereocenters. The Balaban J connectivity index is 2.80. The summed E-state index contributed by atoms with van der Waals surface area (Å²) >= 11 is 0. The van der Waals surface area contributed by atoms with Crippen LogP contribution in [0.5, 0.6) is 0 Å². The lowest BCUT2D eigenvalue weighted by molar-refractivity contribution is 0.0899. The molecule has 70 valence electrons. The first-order valence-corrected chi connectivity index (χ1v) is 4.42. The molecule has 3 nitrogen and oxygen atoms in total. The predicted molar refractivity (Wildman–Crippen MR) is 50.4 cm³/mol. The lowest BCUT2D eigenvalue weighted by Crippen LogP contribution is -2.17. The van der Waals surface area contributed by atoms with Gasteiger partial charge in [0.25, 0.3) is 0 Å². The molecule has 13 heavy (non-hydrogen) atoms. The third-order valence-electron chi connectivity index (χ3n) is 2.26. The van der Waals surface area contributed by atoms with E-state index in [-0.39, 0.29) is 11.7 Å². The smallest absolute Gasteiger partial charge is 0.169 e. The summed E-state index contributed by atoms with van der Waals surface area (Å²) in [7, 11) is 0. The highest BCUT2D eigenvalue weighted by atomic mass is 16.1. The predicted octanol–water partition coefficient (Wildman–Crippen LogP) is 1.95. The molecule has 0 fully saturated rings. The van der Waals surface area contributed by atoms with Gasteiger partial charge in [-0.1, -0.05) is 20.8 Å². The molecule has 0 spiro atoms. The van der Waals surface area contributed by atoms with E-state index in [1.807, 2.05) is 20.8 Å². The van der Waals surface area contributed by atoms with Gasteiger partial charge in [-0.05, 0) is 5.92 Å². The van der Waals surface area contributed by atoms with Gasteiger partial charge in [-0.15, -0.1) is 0 Å². The van der Waals surface area contributed by atoms with Crippen LogP contribution in [0.2, 0.25) is 0 Å². The van der Waals surface area contributed by atoms with Crippen molar-refractivity contribution < 1.29 is 4.79 Å². The second kappa shape index (κ2) is 4.12. The second-order valence-electron chi connectivity index (χ2n) is 3.52. The molecule has 0 saturated carbocycles. The molecule has 1 aromatic heterocycles. The molecule has 1 rings (SSSR count). The van der Waals surface area contributed by atoms with Crippen LogP contribution < -0.4 is 0 Å². The number of hydrogen-bond donors (Lipinski definition) is 0. The Bertz CT molecular complexity index is 282. The van der Waals surface area contributed by atoms with Gasteiger partial charge >= 0.3 is 0 Å². The van der Waals surface area contributed by atoms with Gasteiger partial charge in [0.05, 0.1) is 5.56 Å². The molecule has 0 N–H and O–H groups in total. The van der Waals surface area contributed by atoms with E-state index in [0.29, 0.717) is 11.5 Å². The van der Waals surface area contributed by atoms with Gasteiger partial charge in [0.15, 0.2) is 5.78 Å². The van der Waals surface area contributed by atoms with E-state index in [0.717, 1.165) is 0 Å². The van der Waals surface area contributed by atoms with Crippen molar-refractivity contribution >= 4 is 5.78 Å². The van der Waals surface area contributed by atoms with E-state index in [1.165, 1.54) is 6.33 Å². The first-order chi connectivity index (χ1) is 6.13. The van der Waals surface area contributed by atoms with Gasteiger partial charge in [0.1, 0.15) is 6.33 Å². The minimum atomic E-state index is 0.0333. The fourth-order valence-corrected chi connectivity index (χ4v) is 0.992. The monoisotopic (exact) mass is 178 g/mol. The normalized spacial score (nSPS) is 12.9. The van der Waals surface area contributed by atoms with Crippen LogP contribution in [0.25, 0.3) is 0 Å². The molecule has 0 saturated heterocycles. The van der Waals surface area contributed by atoms with Crippen LogP contribution in [0.1, 0.15) is 31.1 Å². The molecule has 0 aliphatic rings. The van der Waals surface area contributed by atoms with E-state index in [4.69, 9.17) is 0 Å². The maximum Gasteiger partial charge on any atom is 0.169 e. The third-order valence-corrected chi connectivity index (χ3v) is 2.26. The Hall–Kier alpha value is -1.25. The molecule has 1 aromatic rings. The van der Waals surface area contributed by atoms with Crippen molar-refractivity contribution in [2.45, 2.75) is 20.8 Å². The number of nitrogens with zero attached hydrogens (tertiary/aromatic N) is 2. The van der Waals surface area contributed by atoms with Gasteiger partial charge in [0, 0.05) is 18.3 Å². The number of carbonyl (C=O) groups excluding carboxylic acids is 1. The fourth-order valence-electron chi connectivity index (χ4n) is 0.992. The molecule has 0 aliphatic carbocycles.